The van der Waals surface area contributed by atoms with Gasteiger partial charge in [0.2, 0.25) is 0 Å². The molecule has 0 rings (SSSR count). The molecule has 1 nitrogen and oxygen atoms in total. The van der Waals surface area contributed by atoms with Crippen LogP contribution >= 0.6 is 15.9 Å². The number of hydrogen-bond acceptors (Lipinski definition) is 1. The largest absolute Gasteiger partial charge is 0.328 e. The summed E-state index contributed by atoms with van der Waals surface area (Å²) in [4.78, 5) is 0. The Kier molecular flexibility index (Phi) is 3.78. The molecule has 0 heterocycles. The third-order valence-electron chi connectivity index (χ3n) is 0.423. The molecule has 0 saturated heterocycles. The molecule has 0 aromatic rings. The number of alkyl halides is 2. The van der Waals surface area contributed by atoms with E-state index in [1.54, 1.807) is 0 Å². The molecule has 0 aliphatic heterocycles. The van der Waals surface area contributed by atoms with E-state index in [4.69, 9.17) is 5.73 Å². The van der Waals surface area contributed by atoms with E-state index in [2.05, 4.69) is 15.9 Å². The molecule has 1 atom stereocenters. The van der Waals surface area contributed by atoms with Crippen LogP contribution in [0.5, 0.6) is 0 Å². The van der Waals surface area contributed by atoms with Crippen LogP contribution < -0.4 is 5.73 Å². The van der Waals surface area contributed by atoms with Crippen molar-refractivity contribution >= 4 is 15.9 Å². The molecule has 0 aromatic heterocycles. The highest BCUT2D eigenvalue weighted by atomic mass is 79.9. The quantitative estimate of drug-likeness (QED) is 0.584. The normalized spacial score (nSPS) is 14.5. The molecule has 0 spiro atoms. The molecule has 2 N–H and O–H groups in total. The maximum Gasteiger partial charge on any atom is 0.122 e. The number of nitrogens with two attached hydrogens (primary N) is 1. The molecular weight excluding hydrogens is 149 g/mol. The van der Waals surface area contributed by atoms with E-state index in [9.17, 15) is 4.39 Å². The van der Waals surface area contributed by atoms with Crippen molar-refractivity contribution in [2.24, 2.45) is 5.73 Å². The molecule has 0 amide bonds. The van der Waals surface area contributed by atoms with Gasteiger partial charge in [-0.3, -0.25) is 0 Å². The van der Waals surface area contributed by atoms with E-state index in [-0.39, 0.29) is 6.54 Å². The van der Waals surface area contributed by atoms with Crippen LogP contribution in [0.4, 0.5) is 4.39 Å². The lowest BCUT2D eigenvalue weighted by Gasteiger charge is -1.93. The lowest BCUT2D eigenvalue weighted by atomic mass is 10.5. The minimum Gasteiger partial charge on any atom is -0.328 e. The van der Waals surface area contributed by atoms with E-state index in [1.807, 2.05) is 0 Å². The van der Waals surface area contributed by atoms with Gasteiger partial charge < -0.3 is 5.73 Å². The number of halogens is 2. The van der Waals surface area contributed by atoms with Gasteiger partial charge in [-0.2, -0.15) is 0 Å². The summed E-state index contributed by atoms with van der Waals surface area (Å²) >= 11 is 2.92. The van der Waals surface area contributed by atoms with Gasteiger partial charge in [-0.15, -0.1) is 0 Å². The lowest BCUT2D eigenvalue weighted by Crippen LogP contribution is -2.15. The third kappa shape index (κ3) is 2.60. The first kappa shape index (κ1) is 6.37. The maximum absolute atomic E-state index is 11.7. The summed E-state index contributed by atoms with van der Waals surface area (Å²) in [6.45, 7) is 0.116. The second-order valence-electron chi connectivity index (χ2n) is 0.987. The first-order valence-electron chi connectivity index (χ1n) is 1.71. The van der Waals surface area contributed by atoms with Crippen LogP contribution in [-0.4, -0.2) is 18.0 Å². The third-order valence-corrected chi connectivity index (χ3v) is 1.13. The monoisotopic (exact) mass is 155 g/mol. The Labute approximate surface area is 44.8 Å². The second kappa shape index (κ2) is 3.56. The minimum atomic E-state index is -0.870. The highest BCUT2D eigenvalue weighted by molar-refractivity contribution is 9.09. The Morgan fingerprint density at radius 1 is 1.83 bits per heavy atom. The number of rotatable bonds is 2. The van der Waals surface area contributed by atoms with Crippen molar-refractivity contribution in [3.8, 4) is 0 Å². The van der Waals surface area contributed by atoms with Crippen molar-refractivity contribution in [2.45, 2.75) is 6.17 Å². The van der Waals surface area contributed by atoms with Gasteiger partial charge in [0.1, 0.15) is 6.17 Å². The average Bonchev–Trinajstić information content (AvgIpc) is 1.65. The molecule has 6 heavy (non-hydrogen) atoms. The zero-order chi connectivity index (χ0) is 4.99. The highest BCUT2D eigenvalue weighted by Gasteiger charge is 1.95. The zero-order valence-electron chi connectivity index (χ0n) is 3.32. The summed E-state index contributed by atoms with van der Waals surface area (Å²) in [5, 5.41) is 0.351. The van der Waals surface area contributed by atoms with Crippen molar-refractivity contribution in [1.29, 1.82) is 0 Å². The Balaban J connectivity index is 2.75. The van der Waals surface area contributed by atoms with Gasteiger partial charge in [0.15, 0.2) is 0 Å². The van der Waals surface area contributed by atoms with E-state index in [0.717, 1.165) is 0 Å². The molecule has 1 unspecified atom stereocenters. The molecule has 0 aliphatic carbocycles. The molecule has 0 saturated carbocycles. The van der Waals surface area contributed by atoms with Crippen LogP contribution in [0.15, 0.2) is 0 Å². The smallest absolute Gasteiger partial charge is 0.122 e. The van der Waals surface area contributed by atoms with Gasteiger partial charge in [0, 0.05) is 11.9 Å². The van der Waals surface area contributed by atoms with Crippen LogP contribution in [0.25, 0.3) is 0 Å². The van der Waals surface area contributed by atoms with E-state index >= 15 is 0 Å². The Morgan fingerprint density at radius 2 is 2.33 bits per heavy atom. The van der Waals surface area contributed by atoms with E-state index < -0.39 is 6.17 Å². The molecule has 38 valence electrons. The molecular formula is C3H7BrFN. The van der Waals surface area contributed by atoms with Crippen LogP contribution in [0, 0.1) is 0 Å². The summed E-state index contributed by atoms with van der Waals surface area (Å²) in [6, 6.07) is 0. The summed E-state index contributed by atoms with van der Waals surface area (Å²) in [5.74, 6) is 0. The average molecular weight is 156 g/mol. The minimum absolute atomic E-state index is 0.116. The van der Waals surface area contributed by atoms with E-state index in [0.29, 0.717) is 5.33 Å². The number of hydrogen-bond donors (Lipinski definition) is 1. The predicted molar refractivity (Wildman–Crippen MR) is 27.7 cm³/mol. The van der Waals surface area contributed by atoms with Crippen molar-refractivity contribution in [3.05, 3.63) is 0 Å². The van der Waals surface area contributed by atoms with Crippen LogP contribution in [-0.2, 0) is 0 Å². The molecule has 0 bridgehead atoms. The van der Waals surface area contributed by atoms with Gasteiger partial charge in [-0.25, -0.2) is 4.39 Å². The SMILES string of the molecule is NCC(F)CBr. The van der Waals surface area contributed by atoms with Gasteiger partial charge in [-0.05, 0) is 0 Å². The summed E-state index contributed by atoms with van der Waals surface area (Å²) < 4.78 is 11.7. The van der Waals surface area contributed by atoms with Gasteiger partial charge in [-0.1, -0.05) is 15.9 Å². The van der Waals surface area contributed by atoms with Crippen molar-refractivity contribution in [2.75, 3.05) is 11.9 Å². The standard InChI is InChI=1S/C3H7BrFN/c4-1-3(5)2-6/h3H,1-2,6H2. The van der Waals surface area contributed by atoms with Crippen molar-refractivity contribution in [1.82, 2.24) is 0 Å². The summed E-state index contributed by atoms with van der Waals surface area (Å²) in [6.07, 6.45) is -0.870. The molecule has 0 fully saturated rings. The maximum atomic E-state index is 11.7. The lowest BCUT2D eigenvalue weighted by molar-refractivity contribution is 0.378. The van der Waals surface area contributed by atoms with Crippen molar-refractivity contribution < 1.29 is 4.39 Å². The molecule has 0 aliphatic rings. The summed E-state index contributed by atoms with van der Waals surface area (Å²) in [7, 11) is 0. The van der Waals surface area contributed by atoms with Gasteiger partial charge in [0.05, 0.1) is 0 Å². The summed E-state index contributed by atoms with van der Waals surface area (Å²) in [5.41, 5.74) is 4.88. The zero-order valence-corrected chi connectivity index (χ0v) is 4.91. The first-order valence-corrected chi connectivity index (χ1v) is 2.83. The van der Waals surface area contributed by atoms with Gasteiger partial charge >= 0.3 is 0 Å². The highest BCUT2D eigenvalue weighted by Crippen LogP contribution is 1.90. The molecule has 3 heteroatoms. The topological polar surface area (TPSA) is 26.0 Å². The fourth-order valence-electron chi connectivity index (χ4n) is 0.0630. The van der Waals surface area contributed by atoms with Crippen LogP contribution in [0.2, 0.25) is 0 Å². The Hall–Kier alpha value is 0.370. The second-order valence-corrected chi connectivity index (χ2v) is 1.63. The van der Waals surface area contributed by atoms with Crippen molar-refractivity contribution in [3.63, 3.8) is 0 Å². The fourth-order valence-corrected chi connectivity index (χ4v) is 0.327. The molecule has 0 aromatic carbocycles. The molecule has 0 radical (unpaired) electrons. The Morgan fingerprint density at radius 3 is 2.33 bits per heavy atom. The Bertz CT molecular complexity index is 30.0. The van der Waals surface area contributed by atoms with Crippen LogP contribution in [0.1, 0.15) is 0 Å². The van der Waals surface area contributed by atoms with E-state index in [1.165, 1.54) is 0 Å². The first-order chi connectivity index (χ1) is 2.81. The van der Waals surface area contributed by atoms with Crippen LogP contribution in [0.3, 0.4) is 0 Å². The predicted octanol–water partition coefficient (Wildman–Crippen LogP) is 0.678. The fraction of sp³-hybridized carbons (Fsp3) is 1.00. The van der Waals surface area contributed by atoms with Gasteiger partial charge in [0.25, 0.3) is 0 Å².